The first-order valence-electron chi connectivity index (χ1n) is 9.57. The third kappa shape index (κ3) is 4.93. The largest absolute Gasteiger partial charge is 0.497 e. The van der Waals surface area contributed by atoms with Crippen LogP contribution in [-0.4, -0.2) is 35.9 Å². The third-order valence-corrected chi connectivity index (χ3v) is 5.68. The van der Waals surface area contributed by atoms with Crippen molar-refractivity contribution in [3.8, 4) is 22.6 Å². The summed E-state index contributed by atoms with van der Waals surface area (Å²) in [4.78, 5) is 15.6. The van der Waals surface area contributed by atoms with Crippen LogP contribution in [0.2, 0.25) is 5.15 Å². The molecule has 1 unspecified atom stereocenters. The van der Waals surface area contributed by atoms with Crippen molar-refractivity contribution in [2.24, 2.45) is 10.8 Å². The molecule has 0 bridgehead atoms. The van der Waals surface area contributed by atoms with Crippen LogP contribution in [0.15, 0.2) is 36.5 Å². The highest BCUT2D eigenvalue weighted by molar-refractivity contribution is 6.32. The molecule has 0 saturated heterocycles. The van der Waals surface area contributed by atoms with Gasteiger partial charge in [-0.3, -0.25) is 0 Å². The van der Waals surface area contributed by atoms with Crippen molar-refractivity contribution in [3.63, 3.8) is 0 Å². The second-order valence-corrected chi connectivity index (χ2v) is 9.00. The first-order chi connectivity index (χ1) is 13.6. The fourth-order valence-electron chi connectivity index (χ4n) is 3.80. The van der Waals surface area contributed by atoms with E-state index < -0.39 is 6.09 Å². The van der Waals surface area contributed by atoms with Gasteiger partial charge in [0.2, 0.25) is 0 Å². The molecule has 0 spiro atoms. The fourth-order valence-corrected chi connectivity index (χ4v) is 4.01. The van der Waals surface area contributed by atoms with Crippen LogP contribution in [0.25, 0.3) is 11.1 Å². The van der Waals surface area contributed by atoms with Crippen molar-refractivity contribution in [1.29, 1.82) is 0 Å². The quantitative estimate of drug-likeness (QED) is 0.600. The van der Waals surface area contributed by atoms with Crippen LogP contribution in [0.1, 0.15) is 33.6 Å². The molecular weight excluding hydrogens is 392 g/mol. The molecule has 1 amide bonds. The first kappa shape index (κ1) is 21.2. The highest BCUT2D eigenvalue weighted by Gasteiger charge is 2.54. The Balaban J connectivity index is 1.77. The maximum absolute atomic E-state index is 11.3. The van der Waals surface area contributed by atoms with Crippen LogP contribution in [0.4, 0.5) is 4.79 Å². The number of hydrogen-bond acceptors (Lipinski definition) is 4. The van der Waals surface area contributed by atoms with Crippen LogP contribution >= 0.6 is 11.6 Å². The monoisotopic (exact) mass is 418 g/mol. The summed E-state index contributed by atoms with van der Waals surface area (Å²) >= 11 is 6.30. The Kier molecular flexibility index (Phi) is 5.94. The number of methoxy groups -OCH3 is 1. The molecule has 2 aromatic rings. The van der Waals surface area contributed by atoms with E-state index in [9.17, 15) is 9.90 Å². The molecule has 1 atom stereocenters. The van der Waals surface area contributed by atoms with Crippen molar-refractivity contribution in [1.82, 2.24) is 10.3 Å². The van der Waals surface area contributed by atoms with Crippen molar-refractivity contribution in [2.75, 3.05) is 13.7 Å². The van der Waals surface area contributed by atoms with Gasteiger partial charge in [-0.05, 0) is 42.0 Å². The number of carbonyl (C=O) groups is 1. The molecule has 1 aliphatic carbocycles. The lowest BCUT2D eigenvalue weighted by Crippen LogP contribution is -2.51. The van der Waals surface area contributed by atoms with E-state index in [-0.39, 0.29) is 16.9 Å². The molecule has 3 rings (SSSR count). The van der Waals surface area contributed by atoms with Gasteiger partial charge in [0.1, 0.15) is 16.7 Å². The van der Waals surface area contributed by atoms with E-state index in [1.807, 2.05) is 51.1 Å². The summed E-state index contributed by atoms with van der Waals surface area (Å²) in [6, 6.07) is 9.23. The van der Waals surface area contributed by atoms with Crippen LogP contribution in [0.3, 0.4) is 0 Å². The van der Waals surface area contributed by atoms with Gasteiger partial charge in [-0.1, -0.05) is 44.5 Å². The molecule has 29 heavy (non-hydrogen) atoms. The molecule has 1 saturated carbocycles. The highest BCUT2D eigenvalue weighted by Crippen LogP contribution is 2.53. The highest BCUT2D eigenvalue weighted by atomic mass is 35.5. The van der Waals surface area contributed by atoms with Gasteiger partial charge in [0.25, 0.3) is 0 Å². The molecule has 1 fully saturated rings. The molecule has 1 aromatic heterocycles. The summed E-state index contributed by atoms with van der Waals surface area (Å²) < 4.78 is 11.3. The summed E-state index contributed by atoms with van der Waals surface area (Å²) in [6.45, 7) is 6.54. The smallest absolute Gasteiger partial charge is 0.404 e. The van der Waals surface area contributed by atoms with Gasteiger partial charge in [-0.25, -0.2) is 9.78 Å². The molecule has 0 aliphatic heterocycles. The van der Waals surface area contributed by atoms with E-state index in [1.54, 1.807) is 13.3 Å². The Labute approximate surface area is 176 Å². The number of carboxylic acid groups (broad SMARTS) is 1. The van der Waals surface area contributed by atoms with Crippen molar-refractivity contribution >= 4 is 17.7 Å². The molecule has 2 N–H and O–H groups in total. The van der Waals surface area contributed by atoms with E-state index in [1.165, 1.54) is 0 Å². The standard InChI is InChI=1S/C22H27ClN2O4/c1-21(2,3)19(25-20(26)27)22(9-10-22)13-29-16-11-17(18(23)24-12-16)14-5-7-15(28-4)8-6-14/h5-8,11-12,19,25H,9-10,13H2,1-4H3,(H,26,27). The Morgan fingerprint density at radius 3 is 2.45 bits per heavy atom. The summed E-state index contributed by atoms with van der Waals surface area (Å²) in [7, 11) is 1.62. The zero-order chi connectivity index (χ0) is 21.2. The summed E-state index contributed by atoms with van der Waals surface area (Å²) in [5.41, 5.74) is 1.25. The van der Waals surface area contributed by atoms with E-state index >= 15 is 0 Å². The molecule has 7 heteroatoms. The number of amides is 1. The van der Waals surface area contributed by atoms with Crippen LogP contribution < -0.4 is 14.8 Å². The number of pyridine rings is 1. The van der Waals surface area contributed by atoms with E-state index in [0.29, 0.717) is 17.5 Å². The topological polar surface area (TPSA) is 80.7 Å². The van der Waals surface area contributed by atoms with Crippen molar-refractivity contribution < 1.29 is 19.4 Å². The number of ether oxygens (including phenoxy) is 2. The van der Waals surface area contributed by atoms with Gasteiger partial charge in [-0.15, -0.1) is 0 Å². The second-order valence-electron chi connectivity index (χ2n) is 8.64. The van der Waals surface area contributed by atoms with Gasteiger partial charge < -0.3 is 19.9 Å². The first-order valence-corrected chi connectivity index (χ1v) is 9.95. The normalized spacial score (nSPS) is 16.0. The molecule has 156 valence electrons. The molecule has 1 heterocycles. The maximum Gasteiger partial charge on any atom is 0.404 e. The summed E-state index contributed by atoms with van der Waals surface area (Å²) in [6.07, 6.45) is 2.43. The number of nitrogens with one attached hydrogen (secondary N) is 1. The molecule has 1 aromatic carbocycles. The van der Waals surface area contributed by atoms with Crippen LogP contribution in [0, 0.1) is 10.8 Å². The van der Waals surface area contributed by atoms with Crippen molar-refractivity contribution in [3.05, 3.63) is 41.7 Å². The van der Waals surface area contributed by atoms with Crippen LogP contribution in [-0.2, 0) is 0 Å². The van der Waals surface area contributed by atoms with Crippen molar-refractivity contribution in [2.45, 2.75) is 39.7 Å². The minimum absolute atomic E-state index is 0.200. The minimum atomic E-state index is -1.01. The van der Waals surface area contributed by atoms with Gasteiger partial charge in [0.15, 0.2) is 0 Å². The Hall–Kier alpha value is -2.47. The number of hydrogen-bond donors (Lipinski definition) is 2. The fraction of sp³-hybridized carbons (Fsp3) is 0.455. The lowest BCUT2D eigenvalue weighted by Gasteiger charge is -2.37. The Morgan fingerprint density at radius 2 is 1.93 bits per heavy atom. The molecular formula is C22H27ClN2O4. The SMILES string of the molecule is COc1ccc(-c2cc(OCC3(C(NC(=O)O)C(C)(C)C)CC3)cnc2Cl)cc1. The predicted octanol–water partition coefficient (Wildman–Crippen LogP) is 5.25. The van der Waals surface area contributed by atoms with E-state index in [0.717, 1.165) is 29.7 Å². The van der Waals surface area contributed by atoms with Gasteiger partial charge >= 0.3 is 6.09 Å². The maximum atomic E-state index is 11.3. The molecule has 0 radical (unpaired) electrons. The number of nitrogens with zero attached hydrogens (tertiary/aromatic N) is 1. The lowest BCUT2D eigenvalue weighted by atomic mass is 9.77. The number of halogens is 1. The lowest BCUT2D eigenvalue weighted by molar-refractivity contribution is 0.111. The predicted molar refractivity (Wildman–Crippen MR) is 113 cm³/mol. The number of rotatable bonds is 7. The average Bonchev–Trinajstić information content (AvgIpc) is 3.45. The van der Waals surface area contributed by atoms with Gasteiger partial charge in [0.05, 0.1) is 19.9 Å². The van der Waals surface area contributed by atoms with Gasteiger partial charge in [0, 0.05) is 17.0 Å². The Bertz CT molecular complexity index is 873. The van der Waals surface area contributed by atoms with Gasteiger partial charge in [-0.2, -0.15) is 0 Å². The summed E-state index contributed by atoms with van der Waals surface area (Å²) in [5.74, 6) is 1.37. The van der Waals surface area contributed by atoms with E-state index in [2.05, 4.69) is 10.3 Å². The number of benzene rings is 1. The Morgan fingerprint density at radius 1 is 1.28 bits per heavy atom. The molecule has 6 nitrogen and oxygen atoms in total. The summed E-state index contributed by atoms with van der Waals surface area (Å²) in [5, 5.41) is 12.4. The van der Waals surface area contributed by atoms with Crippen LogP contribution in [0.5, 0.6) is 11.5 Å². The second kappa shape index (κ2) is 8.11. The van der Waals surface area contributed by atoms with E-state index in [4.69, 9.17) is 21.1 Å². The minimum Gasteiger partial charge on any atom is -0.497 e. The zero-order valence-corrected chi connectivity index (χ0v) is 17.9. The average molecular weight is 419 g/mol. The molecule has 1 aliphatic rings. The number of aromatic nitrogens is 1. The zero-order valence-electron chi connectivity index (χ0n) is 17.2. The third-order valence-electron chi connectivity index (χ3n) is 5.38.